The smallest absolute Gasteiger partial charge is 0.240 e. The van der Waals surface area contributed by atoms with E-state index in [0.29, 0.717) is 24.3 Å². The molecule has 2 N–H and O–H groups in total. The Bertz CT molecular complexity index is 371. The quantitative estimate of drug-likeness (QED) is 0.881. The monoisotopic (exact) mass is 276 g/mol. The second kappa shape index (κ2) is 5.97. The van der Waals surface area contributed by atoms with E-state index in [1.54, 1.807) is 0 Å². The summed E-state index contributed by atoms with van der Waals surface area (Å²) in [6, 6.07) is 0.441. The molecule has 2 heterocycles. The van der Waals surface area contributed by atoms with Gasteiger partial charge in [-0.25, -0.2) is 0 Å². The van der Waals surface area contributed by atoms with Crippen LogP contribution in [-0.4, -0.2) is 41.3 Å². The molecule has 0 spiro atoms. The van der Waals surface area contributed by atoms with Crippen LogP contribution in [0, 0.1) is 0 Å². The molecular weight excluding hydrogens is 256 g/mol. The zero-order valence-corrected chi connectivity index (χ0v) is 11.9. The molecular formula is C11H21ClN4O2. The predicted molar refractivity (Wildman–Crippen MR) is 69.5 cm³/mol. The molecule has 1 atom stereocenters. The molecule has 1 unspecified atom stereocenters. The van der Waals surface area contributed by atoms with Gasteiger partial charge in [-0.2, -0.15) is 4.98 Å². The van der Waals surface area contributed by atoms with E-state index < -0.39 is 5.54 Å². The minimum absolute atomic E-state index is 0. The van der Waals surface area contributed by atoms with Gasteiger partial charge in [0.25, 0.3) is 0 Å². The Morgan fingerprint density at radius 2 is 2.22 bits per heavy atom. The molecule has 0 amide bonds. The molecule has 6 nitrogen and oxygen atoms in total. The zero-order chi connectivity index (χ0) is 12.5. The Balaban J connectivity index is 0.00000162. The predicted octanol–water partition coefficient (Wildman–Crippen LogP) is 0.906. The second-order valence-corrected chi connectivity index (χ2v) is 5.17. The largest absolute Gasteiger partial charge is 0.380 e. The molecule has 1 saturated heterocycles. The van der Waals surface area contributed by atoms with Crippen LogP contribution in [0.3, 0.4) is 0 Å². The molecule has 1 aromatic heterocycles. The first-order chi connectivity index (χ1) is 7.97. The number of likely N-dealkylation sites (N-methyl/N-ethyl adjacent to an activating group) is 1. The molecule has 18 heavy (non-hydrogen) atoms. The molecule has 0 radical (unpaired) electrons. The average molecular weight is 277 g/mol. The fourth-order valence-corrected chi connectivity index (χ4v) is 1.79. The van der Waals surface area contributed by atoms with Crippen molar-refractivity contribution in [3.63, 3.8) is 0 Å². The van der Waals surface area contributed by atoms with Gasteiger partial charge in [0.05, 0.1) is 18.7 Å². The minimum Gasteiger partial charge on any atom is -0.380 e. The van der Waals surface area contributed by atoms with E-state index >= 15 is 0 Å². The molecule has 0 bridgehead atoms. The summed E-state index contributed by atoms with van der Waals surface area (Å²) in [7, 11) is 2.04. The third-order valence-electron chi connectivity index (χ3n) is 2.96. The third-order valence-corrected chi connectivity index (χ3v) is 2.96. The topological polar surface area (TPSA) is 77.4 Å². The van der Waals surface area contributed by atoms with E-state index in [0.717, 1.165) is 19.6 Å². The Kier molecular flexibility index (Phi) is 5.10. The van der Waals surface area contributed by atoms with Crippen molar-refractivity contribution in [1.29, 1.82) is 0 Å². The summed E-state index contributed by atoms with van der Waals surface area (Å²) in [6.07, 6.45) is 1.06. The van der Waals surface area contributed by atoms with Gasteiger partial charge in [-0.1, -0.05) is 5.16 Å². The van der Waals surface area contributed by atoms with E-state index in [9.17, 15) is 0 Å². The number of rotatable bonds is 4. The second-order valence-electron chi connectivity index (χ2n) is 5.17. The number of nitrogens with zero attached hydrogens (tertiary/aromatic N) is 3. The van der Waals surface area contributed by atoms with Gasteiger partial charge in [0.2, 0.25) is 5.89 Å². The standard InChI is InChI=1S/C11H20N4O2.ClH/c1-11(2,12)10-13-9(17-14-10)6-15(3)8-4-5-16-7-8;/h8H,4-7,12H2,1-3H3;1H. The Labute approximate surface area is 113 Å². The maximum absolute atomic E-state index is 5.90. The van der Waals surface area contributed by atoms with E-state index in [-0.39, 0.29) is 12.4 Å². The fourth-order valence-electron chi connectivity index (χ4n) is 1.79. The van der Waals surface area contributed by atoms with Crippen LogP contribution in [0.1, 0.15) is 32.0 Å². The van der Waals surface area contributed by atoms with Crippen LogP contribution in [0.15, 0.2) is 4.52 Å². The normalized spacial score (nSPS) is 20.2. The van der Waals surface area contributed by atoms with Gasteiger partial charge in [-0.3, -0.25) is 4.90 Å². The number of ether oxygens (including phenoxy) is 1. The van der Waals surface area contributed by atoms with Crippen molar-refractivity contribution in [2.75, 3.05) is 20.3 Å². The molecule has 7 heteroatoms. The lowest BCUT2D eigenvalue weighted by molar-refractivity contribution is 0.148. The van der Waals surface area contributed by atoms with Crippen molar-refractivity contribution in [2.24, 2.45) is 5.73 Å². The number of aromatic nitrogens is 2. The summed E-state index contributed by atoms with van der Waals surface area (Å²) in [5.74, 6) is 1.15. The minimum atomic E-state index is -0.559. The van der Waals surface area contributed by atoms with E-state index in [2.05, 4.69) is 15.0 Å². The molecule has 1 aliphatic rings. The van der Waals surface area contributed by atoms with Gasteiger partial charge in [0, 0.05) is 12.6 Å². The Hall–Kier alpha value is -0.690. The van der Waals surface area contributed by atoms with Gasteiger partial charge in [0.15, 0.2) is 5.82 Å². The molecule has 1 aromatic rings. The highest BCUT2D eigenvalue weighted by atomic mass is 35.5. The van der Waals surface area contributed by atoms with Crippen molar-refractivity contribution in [1.82, 2.24) is 15.0 Å². The summed E-state index contributed by atoms with van der Waals surface area (Å²) in [5.41, 5.74) is 5.35. The maximum Gasteiger partial charge on any atom is 0.240 e. The summed E-state index contributed by atoms with van der Waals surface area (Å²) in [5, 5.41) is 3.90. The molecule has 0 aromatic carbocycles. The highest BCUT2D eigenvalue weighted by molar-refractivity contribution is 5.85. The maximum atomic E-state index is 5.90. The number of halogens is 1. The lowest BCUT2D eigenvalue weighted by Gasteiger charge is -2.20. The number of nitrogens with two attached hydrogens (primary N) is 1. The SMILES string of the molecule is CN(Cc1nc(C(C)(C)N)no1)C1CCOC1.Cl. The number of hydrogen-bond donors (Lipinski definition) is 1. The van der Waals surface area contributed by atoms with Crippen LogP contribution in [0.4, 0.5) is 0 Å². The van der Waals surface area contributed by atoms with Crippen molar-refractivity contribution < 1.29 is 9.26 Å². The van der Waals surface area contributed by atoms with E-state index in [1.807, 2.05) is 20.9 Å². The van der Waals surface area contributed by atoms with Crippen LogP contribution < -0.4 is 5.73 Å². The molecule has 1 aliphatic heterocycles. The van der Waals surface area contributed by atoms with Crippen molar-refractivity contribution in [3.8, 4) is 0 Å². The fraction of sp³-hybridized carbons (Fsp3) is 0.818. The first-order valence-electron chi connectivity index (χ1n) is 5.87. The van der Waals surface area contributed by atoms with Crippen LogP contribution >= 0.6 is 12.4 Å². The average Bonchev–Trinajstić information content (AvgIpc) is 2.85. The third kappa shape index (κ3) is 3.65. The van der Waals surface area contributed by atoms with E-state index in [1.165, 1.54) is 0 Å². The van der Waals surface area contributed by atoms with Crippen molar-refractivity contribution in [2.45, 2.75) is 38.4 Å². The Morgan fingerprint density at radius 3 is 2.72 bits per heavy atom. The molecule has 0 saturated carbocycles. The summed E-state index contributed by atoms with van der Waals surface area (Å²) in [6.45, 7) is 5.96. The summed E-state index contributed by atoms with van der Waals surface area (Å²) in [4.78, 5) is 6.48. The first kappa shape index (κ1) is 15.4. The van der Waals surface area contributed by atoms with Gasteiger partial charge in [-0.05, 0) is 27.3 Å². The van der Waals surface area contributed by atoms with Crippen molar-refractivity contribution >= 4 is 12.4 Å². The van der Waals surface area contributed by atoms with Gasteiger partial charge < -0.3 is 15.0 Å². The molecule has 2 rings (SSSR count). The van der Waals surface area contributed by atoms with Gasteiger partial charge in [-0.15, -0.1) is 12.4 Å². The van der Waals surface area contributed by atoms with E-state index in [4.69, 9.17) is 15.0 Å². The zero-order valence-electron chi connectivity index (χ0n) is 11.0. The van der Waals surface area contributed by atoms with Crippen LogP contribution in [0.25, 0.3) is 0 Å². The molecule has 104 valence electrons. The van der Waals surface area contributed by atoms with Crippen LogP contribution in [0.2, 0.25) is 0 Å². The molecule has 1 fully saturated rings. The lowest BCUT2D eigenvalue weighted by atomic mass is 10.1. The highest BCUT2D eigenvalue weighted by Gasteiger charge is 2.24. The lowest BCUT2D eigenvalue weighted by Crippen LogP contribution is -2.32. The van der Waals surface area contributed by atoms with Crippen molar-refractivity contribution in [3.05, 3.63) is 11.7 Å². The van der Waals surface area contributed by atoms with Gasteiger partial charge >= 0.3 is 0 Å². The first-order valence-corrected chi connectivity index (χ1v) is 5.87. The number of hydrogen-bond acceptors (Lipinski definition) is 6. The van der Waals surface area contributed by atoms with Crippen LogP contribution in [-0.2, 0) is 16.8 Å². The summed E-state index contributed by atoms with van der Waals surface area (Å²) < 4.78 is 10.5. The highest BCUT2D eigenvalue weighted by Crippen LogP contribution is 2.16. The molecule has 0 aliphatic carbocycles. The van der Waals surface area contributed by atoms with Crippen LogP contribution in [0.5, 0.6) is 0 Å². The summed E-state index contributed by atoms with van der Waals surface area (Å²) >= 11 is 0. The Morgan fingerprint density at radius 1 is 1.50 bits per heavy atom. The van der Waals surface area contributed by atoms with Gasteiger partial charge in [0.1, 0.15) is 0 Å².